The van der Waals surface area contributed by atoms with E-state index in [4.69, 9.17) is 9.72 Å². The van der Waals surface area contributed by atoms with Gasteiger partial charge in [0, 0.05) is 21.4 Å². The fourth-order valence-corrected chi connectivity index (χ4v) is 5.33. The van der Waals surface area contributed by atoms with Gasteiger partial charge >= 0.3 is 0 Å². The number of hydrogen-bond donors (Lipinski definition) is 0. The number of aryl methyl sites for hydroxylation is 2. The van der Waals surface area contributed by atoms with Crippen molar-refractivity contribution in [2.24, 2.45) is 0 Å². The molecule has 0 aliphatic carbocycles. The first-order chi connectivity index (χ1) is 17.5. The normalized spacial score (nSPS) is 11.0. The Morgan fingerprint density at radius 1 is 0.833 bits per heavy atom. The van der Waals surface area contributed by atoms with Gasteiger partial charge in [-0.05, 0) is 91.7 Å². The van der Waals surface area contributed by atoms with E-state index in [-0.39, 0.29) is 5.12 Å². The summed E-state index contributed by atoms with van der Waals surface area (Å²) in [7, 11) is 0. The lowest BCUT2D eigenvalue weighted by atomic mass is 9.95. The van der Waals surface area contributed by atoms with Crippen LogP contribution in [0.5, 0.6) is 5.75 Å². The van der Waals surface area contributed by atoms with Gasteiger partial charge < -0.3 is 4.74 Å². The number of thioether (sulfide) groups is 1. The summed E-state index contributed by atoms with van der Waals surface area (Å²) in [6.07, 6.45) is 0. The summed E-state index contributed by atoms with van der Waals surface area (Å²) in [4.78, 5) is 19.6. The van der Waals surface area contributed by atoms with E-state index in [0.717, 1.165) is 60.6 Å². The number of ether oxygens (including phenoxy) is 1. The fourth-order valence-electron chi connectivity index (χ4n) is 4.46. The third kappa shape index (κ3) is 5.05. The number of carbonyl (C=O) groups excluding carboxylic acids is 1. The average molecular weight is 490 g/mol. The molecule has 0 aliphatic rings. The second kappa shape index (κ2) is 10.4. The highest BCUT2D eigenvalue weighted by Crippen LogP contribution is 2.36. The van der Waals surface area contributed by atoms with Crippen LogP contribution in [0, 0.1) is 20.8 Å². The molecular formula is C32H27NO2S. The van der Waals surface area contributed by atoms with Gasteiger partial charge in [-0.15, -0.1) is 0 Å². The van der Waals surface area contributed by atoms with Gasteiger partial charge in [-0.1, -0.05) is 60.2 Å². The van der Waals surface area contributed by atoms with E-state index in [9.17, 15) is 4.79 Å². The molecule has 0 amide bonds. The molecule has 0 unspecified atom stereocenters. The highest BCUT2D eigenvalue weighted by molar-refractivity contribution is 8.14. The highest BCUT2D eigenvalue weighted by atomic mass is 32.2. The summed E-state index contributed by atoms with van der Waals surface area (Å²) >= 11 is 1.26. The minimum absolute atomic E-state index is 0.0279. The lowest BCUT2D eigenvalue weighted by Crippen LogP contribution is -2.04. The molecule has 1 aromatic heterocycles. The van der Waals surface area contributed by atoms with Crippen LogP contribution in [0.2, 0.25) is 0 Å². The number of carbonyl (C=O) groups is 1. The number of pyridine rings is 1. The van der Waals surface area contributed by atoms with Crippen LogP contribution in [0.1, 0.15) is 32.6 Å². The maximum Gasteiger partial charge on any atom is 0.225 e. The van der Waals surface area contributed by atoms with Crippen LogP contribution < -0.4 is 4.74 Å². The number of nitrogens with zero attached hydrogens (tertiary/aromatic N) is 1. The Bertz CT molecular complexity index is 1530. The maximum absolute atomic E-state index is 13.6. The third-order valence-electron chi connectivity index (χ3n) is 6.20. The van der Waals surface area contributed by atoms with Crippen LogP contribution in [0.25, 0.3) is 22.2 Å². The molecule has 0 saturated carbocycles. The Labute approximate surface area is 216 Å². The third-order valence-corrected chi connectivity index (χ3v) is 7.10. The first-order valence-corrected chi connectivity index (χ1v) is 12.8. The predicted molar refractivity (Wildman–Crippen MR) is 149 cm³/mol. The van der Waals surface area contributed by atoms with Gasteiger partial charge in [0.25, 0.3) is 0 Å². The van der Waals surface area contributed by atoms with Crippen LogP contribution in [0.3, 0.4) is 0 Å². The quantitative estimate of drug-likeness (QED) is 0.225. The second-order valence-corrected chi connectivity index (χ2v) is 9.99. The summed E-state index contributed by atoms with van der Waals surface area (Å²) in [5, 5.41) is 0.935. The van der Waals surface area contributed by atoms with Crippen molar-refractivity contribution in [3.8, 4) is 17.0 Å². The minimum Gasteiger partial charge on any atom is -0.489 e. The monoisotopic (exact) mass is 489 g/mol. The number of hydrogen-bond acceptors (Lipinski definition) is 4. The summed E-state index contributed by atoms with van der Waals surface area (Å²) < 4.78 is 5.97. The molecule has 5 rings (SSSR count). The van der Waals surface area contributed by atoms with Crippen molar-refractivity contribution in [1.82, 2.24) is 4.98 Å². The fraction of sp³-hybridized carbons (Fsp3) is 0.125. The van der Waals surface area contributed by atoms with Crippen molar-refractivity contribution < 1.29 is 9.53 Å². The van der Waals surface area contributed by atoms with Gasteiger partial charge in [-0.3, -0.25) is 4.79 Å². The van der Waals surface area contributed by atoms with Gasteiger partial charge in [0.2, 0.25) is 5.12 Å². The second-order valence-electron chi connectivity index (χ2n) is 8.94. The molecule has 1 heterocycles. The molecule has 5 aromatic rings. The molecule has 0 saturated heterocycles. The van der Waals surface area contributed by atoms with Gasteiger partial charge in [-0.25, -0.2) is 4.98 Å². The standard InChI is InChI=1S/C32H27NO2S/c1-21-18-22(2)30-28(19-21)29(32(34)36-27-12-8-5-9-13-27)23(3)31(33-30)25-14-16-26(17-15-25)35-20-24-10-6-4-7-11-24/h4-19H,20H2,1-3H3. The predicted octanol–water partition coefficient (Wildman–Crippen LogP) is 8.34. The van der Waals surface area contributed by atoms with Gasteiger partial charge in [0.05, 0.1) is 11.2 Å². The Morgan fingerprint density at radius 3 is 2.19 bits per heavy atom. The Hall–Kier alpha value is -3.89. The molecular weight excluding hydrogens is 462 g/mol. The maximum atomic E-state index is 13.6. The summed E-state index contributed by atoms with van der Waals surface area (Å²) in [5.74, 6) is 0.795. The van der Waals surface area contributed by atoms with Crippen molar-refractivity contribution in [2.75, 3.05) is 0 Å². The van der Waals surface area contributed by atoms with Crippen LogP contribution in [0.4, 0.5) is 0 Å². The van der Waals surface area contributed by atoms with Crippen LogP contribution in [-0.2, 0) is 6.61 Å². The molecule has 0 spiro atoms. The first kappa shape index (κ1) is 23.8. The van der Waals surface area contributed by atoms with Crippen LogP contribution in [-0.4, -0.2) is 10.1 Å². The van der Waals surface area contributed by atoms with E-state index in [2.05, 4.69) is 26.0 Å². The minimum atomic E-state index is 0.0279. The molecule has 0 aliphatic heterocycles. The molecule has 0 bridgehead atoms. The van der Waals surface area contributed by atoms with E-state index < -0.39 is 0 Å². The van der Waals surface area contributed by atoms with Crippen molar-refractivity contribution in [2.45, 2.75) is 32.3 Å². The summed E-state index contributed by atoms with van der Waals surface area (Å²) in [6.45, 7) is 6.63. The largest absolute Gasteiger partial charge is 0.489 e. The number of fused-ring (bicyclic) bond motifs is 1. The average Bonchev–Trinajstić information content (AvgIpc) is 2.88. The van der Waals surface area contributed by atoms with Crippen molar-refractivity contribution in [3.05, 3.63) is 125 Å². The van der Waals surface area contributed by atoms with Crippen LogP contribution >= 0.6 is 11.8 Å². The molecule has 0 atom stereocenters. The van der Waals surface area contributed by atoms with Gasteiger partial charge in [-0.2, -0.15) is 0 Å². The Morgan fingerprint density at radius 2 is 1.50 bits per heavy atom. The zero-order valence-corrected chi connectivity index (χ0v) is 21.4. The van der Waals surface area contributed by atoms with Gasteiger partial charge in [0.1, 0.15) is 12.4 Å². The smallest absolute Gasteiger partial charge is 0.225 e. The number of aromatic nitrogens is 1. The topological polar surface area (TPSA) is 39.2 Å². The molecule has 3 nitrogen and oxygen atoms in total. The molecule has 4 heteroatoms. The SMILES string of the molecule is Cc1cc(C)c2nc(-c3ccc(OCc4ccccc4)cc3)c(C)c(C(=O)Sc3ccccc3)c2c1. The van der Waals surface area contributed by atoms with Gasteiger partial charge in [0.15, 0.2) is 0 Å². The first-order valence-electron chi connectivity index (χ1n) is 12.0. The zero-order chi connectivity index (χ0) is 25.1. The van der Waals surface area contributed by atoms with E-state index in [0.29, 0.717) is 6.61 Å². The lowest BCUT2D eigenvalue weighted by molar-refractivity contribution is 0.109. The highest BCUT2D eigenvalue weighted by Gasteiger charge is 2.21. The van der Waals surface area contributed by atoms with E-state index >= 15 is 0 Å². The summed E-state index contributed by atoms with van der Waals surface area (Å²) in [5.41, 5.74) is 7.56. The van der Waals surface area contributed by atoms with Crippen molar-refractivity contribution in [1.29, 1.82) is 0 Å². The summed E-state index contributed by atoms with van der Waals surface area (Å²) in [6, 6.07) is 32.1. The van der Waals surface area contributed by atoms with Crippen molar-refractivity contribution >= 4 is 27.8 Å². The van der Waals surface area contributed by atoms with E-state index in [1.54, 1.807) is 0 Å². The number of benzene rings is 4. The molecule has 36 heavy (non-hydrogen) atoms. The van der Waals surface area contributed by atoms with Crippen LogP contribution in [0.15, 0.2) is 102 Å². The Kier molecular flexibility index (Phi) is 6.88. The van der Waals surface area contributed by atoms with E-state index in [1.807, 2.05) is 91.9 Å². The zero-order valence-electron chi connectivity index (χ0n) is 20.6. The molecule has 0 fully saturated rings. The molecule has 4 aromatic carbocycles. The molecule has 0 radical (unpaired) electrons. The molecule has 0 N–H and O–H groups in total. The number of rotatable bonds is 6. The van der Waals surface area contributed by atoms with Crippen molar-refractivity contribution in [3.63, 3.8) is 0 Å². The molecule has 178 valence electrons. The Balaban J connectivity index is 1.53. The van der Waals surface area contributed by atoms with E-state index in [1.165, 1.54) is 11.8 Å². The lowest BCUT2D eigenvalue weighted by Gasteiger charge is -2.16.